The average Bonchev–Trinajstić information content (AvgIpc) is 2.00. The van der Waals surface area contributed by atoms with E-state index in [2.05, 4.69) is 0 Å². The fourth-order valence-corrected chi connectivity index (χ4v) is 1.17. The summed E-state index contributed by atoms with van der Waals surface area (Å²) < 4.78 is 25.7. The lowest BCUT2D eigenvalue weighted by Crippen LogP contribution is -2.05. The predicted octanol–water partition coefficient (Wildman–Crippen LogP) is 2.12. The Balaban J connectivity index is 3.09. The largest absolute Gasteiger partial charge is 0.330 e. The molecule has 0 radical (unpaired) electrons. The number of hydrogen-bond donors (Lipinski definition) is 1. The molecule has 0 unspecified atom stereocenters. The Morgan fingerprint density at radius 3 is 2.58 bits per heavy atom. The van der Waals surface area contributed by atoms with Gasteiger partial charge in [0.1, 0.15) is 11.6 Å². The van der Waals surface area contributed by atoms with E-state index in [1.807, 2.05) is 0 Å². The Bertz CT molecular complexity index is 289. The highest BCUT2D eigenvalue weighted by Crippen LogP contribution is 2.20. The van der Waals surface area contributed by atoms with Crippen LogP contribution in [-0.4, -0.2) is 6.54 Å². The lowest BCUT2D eigenvalue weighted by molar-refractivity contribution is 0.585. The molecule has 66 valence electrons. The van der Waals surface area contributed by atoms with Crippen molar-refractivity contribution < 1.29 is 8.78 Å². The Morgan fingerprint density at radius 2 is 2.00 bits per heavy atom. The third-order valence-corrected chi connectivity index (χ3v) is 1.76. The molecule has 4 heteroatoms. The van der Waals surface area contributed by atoms with Gasteiger partial charge in [-0.05, 0) is 30.7 Å². The SMILES string of the molecule is NCCc1cc(F)cc(Cl)c1F. The van der Waals surface area contributed by atoms with E-state index in [0.717, 1.165) is 12.1 Å². The van der Waals surface area contributed by atoms with Crippen molar-refractivity contribution in [2.24, 2.45) is 5.73 Å². The van der Waals surface area contributed by atoms with Crippen molar-refractivity contribution in [2.45, 2.75) is 6.42 Å². The minimum atomic E-state index is -0.580. The molecule has 1 nitrogen and oxygen atoms in total. The summed E-state index contributed by atoms with van der Waals surface area (Å²) in [6.45, 7) is 0.275. The van der Waals surface area contributed by atoms with Gasteiger partial charge in [-0.2, -0.15) is 0 Å². The maximum atomic E-state index is 13.0. The summed E-state index contributed by atoms with van der Waals surface area (Å²) in [5.41, 5.74) is 5.42. The minimum Gasteiger partial charge on any atom is -0.330 e. The molecule has 0 aliphatic carbocycles. The summed E-state index contributed by atoms with van der Waals surface area (Å²) in [4.78, 5) is 0. The summed E-state index contributed by atoms with van der Waals surface area (Å²) in [7, 11) is 0. The van der Waals surface area contributed by atoms with Gasteiger partial charge in [0.15, 0.2) is 0 Å². The zero-order valence-electron chi connectivity index (χ0n) is 6.28. The Kier molecular flexibility index (Phi) is 3.00. The van der Waals surface area contributed by atoms with Crippen LogP contribution in [-0.2, 0) is 6.42 Å². The summed E-state index contributed by atoms with van der Waals surface area (Å²) in [6.07, 6.45) is 0.295. The van der Waals surface area contributed by atoms with Crippen LogP contribution in [0.15, 0.2) is 12.1 Å². The molecule has 0 saturated carbocycles. The van der Waals surface area contributed by atoms with Gasteiger partial charge >= 0.3 is 0 Å². The number of nitrogens with two attached hydrogens (primary N) is 1. The molecule has 1 rings (SSSR count). The van der Waals surface area contributed by atoms with Gasteiger partial charge < -0.3 is 5.73 Å². The molecule has 0 spiro atoms. The summed E-state index contributed by atoms with van der Waals surface area (Å²) in [5.74, 6) is -1.12. The molecule has 0 aliphatic heterocycles. The van der Waals surface area contributed by atoms with Crippen LogP contribution in [0, 0.1) is 11.6 Å². The molecule has 0 aromatic heterocycles. The second-order valence-electron chi connectivity index (χ2n) is 2.40. The van der Waals surface area contributed by atoms with Crippen molar-refractivity contribution in [3.8, 4) is 0 Å². The number of halogens is 3. The van der Waals surface area contributed by atoms with Crippen molar-refractivity contribution in [2.75, 3.05) is 6.54 Å². The van der Waals surface area contributed by atoms with Crippen LogP contribution >= 0.6 is 11.6 Å². The first-order valence-corrected chi connectivity index (χ1v) is 3.86. The van der Waals surface area contributed by atoms with Crippen molar-refractivity contribution in [3.63, 3.8) is 0 Å². The molecular weight excluding hydrogens is 184 g/mol. The van der Waals surface area contributed by atoms with Crippen LogP contribution in [0.1, 0.15) is 5.56 Å². The van der Waals surface area contributed by atoms with E-state index in [-0.39, 0.29) is 17.1 Å². The number of rotatable bonds is 2. The Labute approximate surface area is 74.1 Å². The van der Waals surface area contributed by atoms with Crippen molar-refractivity contribution in [1.29, 1.82) is 0 Å². The maximum absolute atomic E-state index is 13.0. The van der Waals surface area contributed by atoms with Crippen LogP contribution in [0.5, 0.6) is 0 Å². The van der Waals surface area contributed by atoms with Gasteiger partial charge in [-0.15, -0.1) is 0 Å². The summed E-state index contributed by atoms with van der Waals surface area (Å²) >= 11 is 5.40. The van der Waals surface area contributed by atoms with Crippen LogP contribution in [0.25, 0.3) is 0 Å². The van der Waals surface area contributed by atoms with E-state index in [1.54, 1.807) is 0 Å². The van der Waals surface area contributed by atoms with Crippen molar-refractivity contribution in [3.05, 3.63) is 34.4 Å². The first kappa shape index (κ1) is 9.42. The van der Waals surface area contributed by atoms with E-state index in [1.165, 1.54) is 0 Å². The second-order valence-corrected chi connectivity index (χ2v) is 2.81. The van der Waals surface area contributed by atoms with E-state index in [4.69, 9.17) is 17.3 Å². The standard InChI is InChI=1S/C8H8ClF2N/c9-7-4-6(10)3-5(1-2-12)8(7)11/h3-4H,1-2,12H2. The Hall–Kier alpha value is -0.670. The van der Waals surface area contributed by atoms with Gasteiger partial charge in [0.2, 0.25) is 0 Å². The van der Waals surface area contributed by atoms with Crippen LogP contribution in [0.2, 0.25) is 5.02 Å². The summed E-state index contributed by atoms with van der Waals surface area (Å²) in [5, 5.41) is -0.196. The van der Waals surface area contributed by atoms with Crippen LogP contribution in [0.4, 0.5) is 8.78 Å². The van der Waals surface area contributed by atoms with E-state index in [0.29, 0.717) is 6.42 Å². The third-order valence-electron chi connectivity index (χ3n) is 1.48. The molecule has 2 N–H and O–H groups in total. The molecular formula is C8H8ClF2N. The van der Waals surface area contributed by atoms with Crippen molar-refractivity contribution in [1.82, 2.24) is 0 Å². The average molecular weight is 192 g/mol. The van der Waals surface area contributed by atoms with Crippen LogP contribution < -0.4 is 5.73 Å². The fraction of sp³-hybridized carbons (Fsp3) is 0.250. The van der Waals surface area contributed by atoms with Gasteiger partial charge in [0.25, 0.3) is 0 Å². The highest BCUT2D eigenvalue weighted by atomic mass is 35.5. The topological polar surface area (TPSA) is 26.0 Å². The molecule has 0 saturated heterocycles. The third kappa shape index (κ3) is 1.93. The second kappa shape index (κ2) is 3.83. The highest BCUT2D eigenvalue weighted by Gasteiger charge is 2.08. The molecule has 0 fully saturated rings. The molecule has 0 heterocycles. The van der Waals surface area contributed by atoms with Crippen molar-refractivity contribution >= 4 is 11.6 Å². The van der Waals surface area contributed by atoms with Gasteiger partial charge in [-0.1, -0.05) is 11.6 Å². The van der Waals surface area contributed by atoms with Gasteiger partial charge in [0, 0.05) is 0 Å². The summed E-state index contributed by atoms with van der Waals surface area (Å²) in [6, 6.07) is 2.05. The monoisotopic (exact) mass is 191 g/mol. The molecule has 0 aliphatic rings. The highest BCUT2D eigenvalue weighted by molar-refractivity contribution is 6.30. The lowest BCUT2D eigenvalue weighted by atomic mass is 10.1. The molecule has 0 amide bonds. The molecule has 12 heavy (non-hydrogen) atoms. The van der Waals surface area contributed by atoms with Gasteiger partial charge in [-0.25, -0.2) is 8.78 Å². The first-order chi connectivity index (χ1) is 5.65. The fourth-order valence-electron chi connectivity index (χ4n) is 0.947. The van der Waals surface area contributed by atoms with E-state index >= 15 is 0 Å². The number of benzene rings is 1. The first-order valence-electron chi connectivity index (χ1n) is 3.48. The van der Waals surface area contributed by atoms with Crippen LogP contribution in [0.3, 0.4) is 0 Å². The van der Waals surface area contributed by atoms with E-state index in [9.17, 15) is 8.78 Å². The molecule has 0 atom stereocenters. The predicted molar refractivity (Wildman–Crippen MR) is 44.1 cm³/mol. The normalized spacial score (nSPS) is 10.3. The molecule has 0 bridgehead atoms. The van der Waals surface area contributed by atoms with E-state index < -0.39 is 11.6 Å². The zero-order chi connectivity index (χ0) is 9.14. The maximum Gasteiger partial charge on any atom is 0.145 e. The molecule has 1 aromatic rings. The smallest absolute Gasteiger partial charge is 0.145 e. The van der Waals surface area contributed by atoms with Gasteiger partial charge in [0.05, 0.1) is 5.02 Å². The quantitative estimate of drug-likeness (QED) is 0.712. The zero-order valence-corrected chi connectivity index (χ0v) is 7.04. The lowest BCUT2D eigenvalue weighted by Gasteiger charge is -2.02. The minimum absolute atomic E-state index is 0.196. The Morgan fingerprint density at radius 1 is 1.33 bits per heavy atom. The van der Waals surface area contributed by atoms with Gasteiger partial charge in [-0.3, -0.25) is 0 Å². The molecule has 1 aromatic carbocycles. The number of hydrogen-bond acceptors (Lipinski definition) is 1.